The van der Waals surface area contributed by atoms with Crippen molar-refractivity contribution in [1.29, 1.82) is 0 Å². The van der Waals surface area contributed by atoms with Crippen LogP contribution in [-0.2, 0) is 6.54 Å². The molecule has 1 unspecified atom stereocenters. The Balaban J connectivity index is 0.00000220. The highest BCUT2D eigenvalue weighted by Gasteiger charge is 2.18. The first-order chi connectivity index (χ1) is 9.72. The Morgan fingerprint density at radius 2 is 2.29 bits per heavy atom. The molecule has 1 aliphatic rings. The van der Waals surface area contributed by atoms with Gasteiger partial charge >= 0.3 is 0 Å². The fourth-order valence-electron chi connectivity index (χ4n) is 2.68. The zero-order valence-corrected chi connectivity index (χ0v) is 15.5. The predicted molar refractivity (Wildman–Crippen MR) is 98.6 cm³/mol. The van der Waals surface area contributed by atoms with Crippen molar-refractivity contribution >= 4 is 29.9 Å². The molecule has 0 spiro atoms. The van der Waals surface area contributed by atoms with Crippen LogP contribution in [0.5, 0.6) is 5.75 Å². The van der Waals surface area contributed by atoms with Gasteiger partial charge in [-0.3, -0.25) is 4.99 Å². The summed E-state index contributed by atoms with van der Waals surface area (Å²) in [6.45, 7) is 5.27. The van der Waals surface area contributed by atoms with Crippen LogP contribution < -0.4 is 10.1 Å². The van der Waals surface area contributed by atoms with Crippen molar-refractivity contribution in [3.8, 4) is 5.75 Å². The second kappa shape index (κ2) is 9.12. The predicted octanol–water partition coefficient (Wildman–Crippen LogP) is 3.12. The van der Waals surface area contributed by atoms with Gasteiger partial charge in [0, 0.05) is 26.7 Å². The summed E-state index contributed by atoms with van der Waals surface area (Å²) in [5.74, 6) is 2.64. The molecule has 0 radical (unpaired) electrons. The Hall–Kier alpha value is -0.980. The van der Waals surface area contributed by atoms with Crippen LogP contribution in [-0.4, -0.2) is 38.1 Å². The number of likely N-dealkylation sites (tertiary alicyclic amines) is 1. The fraction of sp³-hybridized carbons (Fsp3) is 0.562. The van der Waals surface area contributed by atoms with E-state index in [1.807, 2.05) is 19.2 Å². The highest BCUT2D eigenvalue weighted by molar-refractivity contribution is 14.0. The summed E-state index contributed by atoms with van der Waals surface area (Å²) in [5.41, 5.74) is 1.20. The molecule has 1 heterocycles. The van der Waals surface area contributed by atoms with E-state index >= 15 is 0 Å². The SMILES string of the molecule is CN=C(NCc1cccc(OC)c1)N1CCCC(C)C1.I. The lowest BCUT2D eigenvalue weighted by molar-refractivity contribution is 0.266. The molecule has 1 aliphatic heterocycles. The number of nitrogens with one attached hydrogen (secondary N) is 1. The van der Waals surface area contributed by atoms with Gasteiger partial charge in [0.05, 0.1) is 7.11 Å². The molecule has 1 aromatic rings. The molecule has 0 bridgehead atoms. The summed E-state index contributed by atoms with van der Waals surface area (Å²) in [6, 6.07) is 8.13. The summed E-state index contributed by atoms with van der Waals surface area (Å²) >= 11 is 0. The quantitative estimate of drug-likeness (QED) is 0.479. The van der Waals surface area contributed by atoms with Gasteiger partial charge in [0.25, 0.3) is 0 Å². The summed E-state index contributed by atoms with van der Waals surface area (Å²) in [4.78, 5) is 6.76. The first-order valence-electron chi connectivity index (χ1n) is 7.31. The molecule has 1 saturated heterocycles. The van der Waals surface area contributed by atoms with E-state index in [1.54, 1.807) is 7.11 Å². The van der Waals surface area contributed by atoms with E-state index < -0.39 is 0 Å². The van der Waals surface area contributed by atoms with Gasteiger partial charge in [0.15, 0.2) is 5.96 Å². The maximum atomic E-state index is 5.25. The average molecular weight is 403 g/mol. The van der Waals surface area contributed by atoms with Gasteiger partial charge in [-0.05, 0) is 36.5 Å². The summed E-state index contributed by atoms with van der Waals surface area (Å²) in [5, 5.41) is 3.45. The van der Waals surface area contributed by atoms with Crippen molar-refractivity contribution in [2.75, 3.05) is 27.2 Å². The van der Waals surface area contributed by atoms with Crippen LogP contribution in [0.4, 0.5) is 0 Å². The molecule has 2 rings (SSSR count). The van der Waals surface area contributed by atoms with Gasteiger partial charge in [-0.15, -0.1) is 24.0 Å². The van der Waals surface area contributed by atoms with Crippen molar-refractivity contribution in [3.05, 3.63) is 29.8 Å². The first kappa shape index (κ1) is 18.1. The lowest BCUT2D eigenvalue weighted by Crippen LogP contribution is -2.45. The number of guanidine groups is 1. The van der Waals surface area contributed by atoms with Crippen molar-refractivity contribution in [2.45, 2.75) is 26.3 Å². The topological polar surface area (TPSA) is 36.9 Å². The van der Waals surface area contributed by atoms with E-state index in [0.29, 0.717) is 0 Å². The molecule has 1 N–H and O–H groups in total. The van der Waals surface area contributed by atoms with E-state index in [9.17, 15) is 0 Å². The second-order valence-electron chi connectivity index (χ2n) is 5.45. The van der Waals surface area contributed by atoms with Gasteiger partial charge < -0.3 is 15.0 Å². The average Bonchev–Trinajstić information content (AvgIpc) is 2.48. The number of halogens is 1. The minimum atomic E-state index is 0. The molecule has 0 saturated carbocycles. The molecular weight excluding hydrogens is 377 g/mol. The van der Waals surface area contributed by atoms with Crippen molar-refractivity contribution in [1.82, 2.24) is 10.2 Å². The monoisotopic (exact) mass is 403 g/mol. The Bertz CT molecular complexity index is 465. The van der Waals surface area contributed by atoms with Crippen molar-refractivity contribution in [2.24, 2.45) is 10.9 Å². The molecule has 4 nitrogen and oxygen atoms in total. The molecule has 1 atom stereocenters. The van der Waals surface area contributed by atoms with Gasteiger partial charge in [-0.25, -0.2) is 0 Å². The number of benzene rings is 1. The zero-order chi connectivity index (χ0) is 14.4. The number of nitrogens with zero attached hydrogens (tertiary/aromatic N) is 2. The number of piperidine rings is 1. The van der Waals surface area contributed by atoms with E-state index in [4.69, 9.17) is 4.74 Å². The fourth-order valence-corrected chi connectivity index (χ4v) is 2.68. The van der Waals surface area contributed by atoms with Crippen LogP contribution >= 0.6 is 24.0 Å². The first-order valence-corrected chi connectivity index (χ1v) is 7.31. The number of rotatable bonds is 3. The number of methoxy groups -OCH3 is 1. The van der Waals surface area contributed by atoms with Gasteiger partial charge in [-0.2, -0.15) is 0 Å². The van der Waals surface area contributed by atoms with E-state index in [2.05, 4.69) is 34.3 Å². The van der Waals surface area contributed by atoms with E-state index in [1.165, 1.54) is 18.4 Å². The van der Waals surface area contributed by atoms with E-state index in [-0.39, 0.29) is 24.0 Å². The number of hydrogen-bond donors (Lipinski definition) is 1. The molecular formula is C16H26IN3O. The Kier molecular flexibility index (Phi) is 7.85. The summed E-state index contributed by atoms with van der Waals surface area (Å²) in [6.07, 6.45) is 2.57. The van der Waals surface area contributed by atoms with Gasteiger partial charge in [0.2, 0.25) is 0 Å². The maximum absolute atomic E-state index is 5.25. The number of aliphatic imine (C=N–C) groups is 1. The smallest absolute Gasteiger partial charge is 0.193 e. The molecule has 5 heteroatoms. The molecule has 21 heavy (non-hydrogen) atoms. The van der Waals surface area contributed by atoms with Gasteiger partial charge in [0.1, 0.15) is 5.75 Å². The lowest BCUT2D eigenvalue weighted by Gasteiger charge is -2.33. The van der Waals surface area contributed by atoms with E-state index in [0.717, 1.165) is 37.3 Å². The largest absolute Gasteiger partial charge is 0.497 e. The Morgan fingerprint density at radius 1 is 1.48 bits per heavy atom. The van der Waals surface area contributed by atoms with Crippen molar-refractivity contribution < 1.29 is 4.74 Å². The maximum Gasteiger partial charge on any atom is 0.193 e. The summed E-state index contributed by atoms with van der Waals surface area (Å²) < 4.78 is 5.25. The van der Waals surface area contributed by atoms with Crippen molar-refractivity contribution in [3.63, 3.8) is 0 Å². The van der Waals surface area contributed by atoms with Crippen LogP contribution in [0.2, 0.25) is 0 Å². The molecule has 0 aromatic heterocycles. The third-order valence-electron chi connectivity index (χ3n) is 3.75. The van der Waals surface area contributed by atoms with Crippen LogP contribution in [0.15, 0.2) is 29.3 Å². The van der Waals surface area contributed by atoms with Crippen LogP contribution in [0.1, 0.15) is 25.3 Å². The van der Waals surface area contributed by atoms with Crippen LogP contribution in [0, 0.1) is 5.92 Å². The Morgan fingerprint density at radius 3 is 2.95 bits per heavy atom. The number of hydrogen-bond acceptors (Lipinski definition) is 2. The van der Waals surface area contributed by atoms with Crippen LogP contribution in [0.25, 0.3) is 0 Å². The normalized spacial score (nSPS) is 18.9. The van der Waals surface area contributed by atoms with Gasteiger partial charge in [-0.1, -0.05) is 19.1 Å². The molecule has 1 fully saturated rings. The summed E-state index contributed by atoms with van der Waals surface area (Å²) in [7, 11) is 3.55. The molecule has 0 amide bonds. The number of ether oxygens (including phenoxy) is 1. The van der Waals surface area contributed by atoms with Crippen LogP contribution in [0.3, 0.4) is 0 Å². The third-order valence-corrected chi connectivity index (χ3v) is 3.75. The third kappa shape index (κ3) is 5.37. The molecule has 118 valence electrons. The lowest BCUT2D eigenvalue weighted by atomic mass is 10.0. The second-order valence-corrected chi connectivity index (χ2v) is 5.45. The minimum absolute atomic E-state index is 0. The molecule has 1 aromatic carbocycles. The Labute approximate surface area is 145 Å². The highest BCUT2D eigenvalue weighted by Crippen LogP contribution is 2.16. The highest BCUT2D eigenvalue weighted by atomic mass is 127. The minimum Gasteiger partial charge on any atom is -0.497 e. The molecule has 0 aliphatic carbocycles. The standard InChI is InChI=1S/C16H25N3O.HI/c1-13-6-5-9-19(12-13)16(17-2)18-11-14-7-4-8-15(10-14)20-3;/h4,7-8,10,13H,5-6,9,11-12H2,1-3H3,(H,17,18);1H. The zero-order valence-electron chi connectivity index (χ0n) is 13.1.